The molecule has 9 nitrogen and oxygen atoms in total. The number of amides is 1. The van der Waals surface area contributed by atoms with Crippen molar-refractivity contribution < 1.29 is 24.2 Å². The molecule has 0 radical (unpaired) electrons. The normalized spacial score (nSPS) is 15.1. The maximum Gasteiger partial charge on any atom is 0.328 e. The van der Waals surface area contributed by atoms with Gasteiger partial charge in [-0.15, -0.1) is 5.10 Å². The van der Waals surface area contributed by atoms with Crippen LogP contribution in [0.3, 0.4) is 0 Å². The van der Waals surface area contributed by atoms with E-state index in [0.29, 0.717) is 24.2 Å². The minimum absolute atomic E-state index is 0.0352. The van der Waals surface area contributed by atoms with Crippen molar-refractivity contribution in [3.8, 4) is 0 Å². The third kappa shape index (κ3) is 4.09. The van der Waals surface area contributed by atoms with Crippen LogP contribution in [0.5, 0.6) is 0 Å². The van der Waals surface area contributed by atoms with E-state index in [1.54, 1.807) is 30.0 Å². The highest BCUT2D eigenvalue weighted by atomic mass is 16.5. The fourth-order valence-electron chi connectivity index (χ4n) is 3.12. The predicted molar refractivity (Wildman–Crippen MR) is 98.7 cm³/mol. The molecule has 3 rings (SSSR count). The maximum atomic E-state index is 12.6. The number of benzene rings is 1. The molecule has 148 valence electrons. The molecule has 1 aromatic heterocycles. The maximum absolute atomic E-state index is 12.6. The van der Waals surface area contributed by atoms with Crippen LogP contribution in [0, 0.1) is 0 Å². The van der Waals surface area contributed by atoms with Crippen molar-refractivity contribution in [3.63, 3.8) is 0 Å². The SMILES string of the molecule is CC(=O)N1CCc2cc(C(=O)[C@@H](C)OC(=O)Cn3cc([C@H](C)O)nn3)ccc21. The summed E-state index contributed by atoms with van der Waals surface area (Å²) in [6.07, 6.45) is 0.376. The number of esters is 1. The minimum atomic E-state index is -0.962. The first-order valence-electron chi connectivity index (χ1n) is 8.99. The molecule has 1 aliphatic rings. The summed E-state index contributed by atoms with van der Waals surface area (Å²) in [6, 6.07) is 5.13. The second-order valence-corrected chi connectivity index (χ2v) is 6.78. The summed E-state index contributed by atoms with van der Waals surface area (Å²) in [5.74, 6) is -0.987. The summed E-state index contributed by atoms with van der Waals surface area (Å²) in [4.78, 5) is 38.0. The number of anilines is 1. The van der Waals surface area contributed by atoms with E-state index in [1.165, 1.54) is 24.7 Å². The number of ether oxygens (including phenoxy) is 1. The van der Waals surface area contributed by atoms with Gasteiger partial charge in [-0.3, -0.25) is 14.4 Å². The topological polar surface area (TPSA) is 115 Å². The highest BCUT2D eigenvalue weighted by Gasteiger charge is 2.25. The fourth-order valence-corrected chi connectivity index (χ4v) is 3.12. The lowest BCUT2D eigenvalue weighted by atomic mass is 10.0. The number of hydrogen-bond donors (Lipinski definition) is 1. The molecule has 0 aliphatic carbocycles. The molecule has 0 bridgehead atoms. The van der Waals surface area contributed by atoms with Crippen molar-refractivity contribution in [1.29, 1.82) is 0 Å². The molecule has 1 N–H and O–H groups in total. The molecule has 0 spiro atoms. The van der Waals surface area contributed by atoms with Crippen molar-refractivity contribution in [1.82, 2.24) is 15.0 Å². The number of rotatable bonds is 6. The number of carbonyl (C=O) groups excluding carboxylic acids is 3. The smallest absolute Gasteiger partial charge is 0.328 e. The Balaban J connectivity index is 1.62. The average Bonchev–Trinajstić information content (AvgIpc) is 3.27. The van der Waals surface area contributed by atoms with Gasteiger partial charge in [0.1, 0.15) is 12.2 Å². The van der Waals surface area contributed by atoms with E-state index >= 15 is 0 Å². The highest BCUT2D eigenvalue weighted by molar-refractivity contribution is 6.01. The van der Waals surface area contributed by atoms with Gasteiger partial charge in [0.15, 0.2) is 6.10 Å². The molecule has 1 aromatic carbocycles. The summed E-state index contributed by atoms with van der Waals surface area (Å²) >= 11 is 0. The molecule has 2 atom stereocenters. The van der Waals surface area contributed by atoms with Crippen LogP contribution in [-0.4, -0.2) is 50.4 Å². The number of aliphatic hydroxyl groups is 1. The molecule has 2 heterocycles. The van der Waals surface area contributed by atoms with E-state index in [4.69, 9.17) is 4.74 Å². The second kappa shape index (κ2) is 7.89. The van der Waals surface area contributed by atoms with Crippen molar-refractivity contribution >= 4 is 23.3 Å². The molecule has 1 aliphatic heterocycles. The summed E-state index contributed by atoms with van der Waals surface area (Å²) in [5.41, 5.74) is 2.51. The fraction of sp³-hybridized carbons (Fsp3) is 0.421. The first-order valence-corrected chi connectivity index (χ1v) is 8.99. The highest BCUT2D eigenvalue weighted by Crippen LogP contribution is 2.29. The van der Waals surface area contributed by atoms with Gasteiger partial charge in [-0.05, 0) is 44.0 Å². The molecule has 0 unspecified atom stereocenters. The number of Topliss-reactive ketones (excluding diaryl/α,β-unsaturated/α-hetero) is 1. The van der Waals surface area contributed by atoms with Gasteiger partial charge in [0.25, 0.3) is 0 Å². The molecular formula is C19H22N4O5. The minimum Gasteiger partial charge on any atom is -0.453 e. The lowest BCUT2D eigenvalue weighted by molar-refractivity contribution is -0.147. The third-order valence-electron chi connectivity index (χ3n) is 4.59. The molecule has 0 fully saturated rings. The van der Waals surface area contributed by atoms with Crippen LogP contribution in [0.15, 0.2) is 24.4 Å². The van der Waals surface area contributed by atoms with Crippen LogP contribution in [-0.2, 0) is 27.3 Å². The molecule has 28 heavy (non-hydrogen) atoms. The van der Waals surface area contributed by atoms with E-state index in [1.807, 2.05) is 0 Å². The Morgan fingerprint density at radius 3 is 2.68 bits per heavy atom. The Kier molecular flexibility index (Phi) is 5.55. The number of ketones is 1. The lowest BCUT2D eigenvalue weighted by Gasteiger charge is -2.16. The zero-order chi connectivity index (χ0) is 20.4. The summed E-state index contributed by atoms with van der Waals surface area (Å²) in [6.45, 7) is 4.95. The summed E-state index contributed by atoms with van der Waals surface area (Å²) < 4.78 is 6.46. The Labute approximate surface area is 161 Å². The average molecular weight is 386 g/mol. The number of aliphatic hydroxyl groups excluding tert-OH is 1. The standard InChI is InChI=1S/C19H22N4O5/c1-11(24)16-9-22(21-20-16)10-18(26)28-12(2)19(27)15-4-5-17-14(8-15)6-7-23(17)13(3)25/h4-5,8-9,11-12,24H,6-7,10H2,1-3H3/t11-,12+/m0/s1. The van der Waals surface area contributed by atoms with Gasteiger partial charge in [-0.1, -0.05) is 5.21 Å². The van der Waals surface area contributed by atoms with Gasteiger partial charge in [0.05, 0.1) is 12.3 Å². The third-order valence-corrected chi connectivity index (χ3v) is 4.59. The van der Waals surface area contributed by atoms with Gasteiger partial charge in [0, 0.05) is 24.7 Å². The Morgan fingerprint density at radius 1 is 1.29 bits per heavy atom. The lowest BCUT2D eigenvalue weighted by Crippen LogP contribution is -2.27. The first-order chi connectivity index (χ1) is 13.3. The first kappa shape index (κ1) is 19.7. The Bertz CT molecular complexity index is 921. The van der Waals surface area contributed by atoms with E-state index in [2.05, 4.69) is 10.3 Å². The van der Waals surface area contributed by atoms with Gasteiger partial charge in [-0.2, -0.15) is 0 Å². The zero-order valence-corrected chi connectivity index (χ0v) is 16.0. The number of aromatic nitrogens is 3. The quantitative estimate of drug-likeness (QED) is 0.583. The van der Waals surface area contributed by atoms with Gasteiger partial charge in [-0.25, -0.2) is 4.68 Å². The van der Waals surface area contributed by atoms with E-state index in [-0.39, 0.29) is 18.2 Å². The van der Waals surface area contributed by atoms with Crippen LogP contribution in [0.1, 0.15) is 48.5 Å². The number of hydrogen-bond acceptors (Lipinski definition) is 7. The van der Waals surface area contributed by atoms with Crippen LogP contribution in [0.2, 0.25) is 0 Å². The van der Waals surface area contributed by atoms with Crippen molar-refractivity contribution in [2.75, 3.05) is 11.4 Å². The van der Waals surface area contributed by atoms with E-state index in [9.17, 15) is 19.5 Å². The van der Waals surface area contributed by atoms with Crippen molar-refractivity contribution in [2.24, 2.45) is 0 Å². The van der Waals surface area contributed by atoms with Gasteiger partial charge in [0.2, 0.25) is 11.7 Å². The molecule has 1 amide bonds. The second-order valence-electron chi connectivity index (χ2n) is 6.78. The molecule has 2 aromatic rings. The number of carbonyl (C=O) groups is 3. The molecule has 0 saturated heterocycles. The van der Waals surface area contributed by atoms with E-state index < -0.39 is 18.2 Å². The Hall–Kier alpha value is -3.07. The van der Waals surface area contributed by atoms with Crippen molar-refractivity contribution in [2.45, 2.75) is 45.9 Å². The molecule has 9 heteroatoms. The number of fused-ring (bicyclic) bond motifs is 1. The molecule has 0 saturated carbocycles. The Morgan fingerprint density at radius 2 is 2.04 bits per heavy atom. The largest absolute Gasteiger partial charge is 0.453 e. The summed E-state index contributed by atoms with van der Waals surface area (Å²) in [7, 11) is 0. The molecular weight excluding hydrogens is 364 g/mol. The monoisotopic (exact) mass is 386 g/mol. The van der Waals surface area contributed by atoms with Crippen LogP contribution < -0.4 is 4.90 Å². The van der Waals surface area contributed by atoms with Crippen LogP contribution in [0.25, 0.3) is 0 Å². The van der Waals surface area contributed by atoms with E-state index in [0.717, 1.165) is 11.3 Å². The van der Waals surface area contributed by atoms with Crippen LogP contribution in [0.4, 0.5) is 5.69 Å². The van der Waals surface area contributed by atoms with Crippen LogP contribution >= 0.6 is 0 Å². The zero-order valence-electron chi connectivity index (χ0n) is 16.0. The number of nitrogens with zero attached hydrogens (tertiary/aromatic N) is 4. The van der Waals surface area contributed by atoms with Gasteiger partial charge >= 0.3 is 5.97 Å². The van der Waals surface area contributed by atoms with Crippen molar-refractivity contribution in [3.05, 3.63) is 41.2 Å². The summed E-state index contributed by atoms with van der Waals surface area (Å²) in [5, 5.41) is 16.9. The van der Waals surface area contributed by atoms with Gasteiger partial charge < -0.3 is 14.7 Å². The predicted octanol–water partition coefficient (Wildman–Crippen LogP) is 1.05.